The summed E-state index contributed by atoms with van der Waals surface area (Å²) in [4.78, 5) is 12.2. The van der Waals surface area contributed by atoms with Gasteiger partial charge in [-0.3, -0.25) is 4.79 Å². The number of hydrogen-bond acceptors (Lipinski definition) is 4. The van der Waals surface area contributed by atoms with Crippen LogP contribution in [0.25, 0.3) is 0 Å². The third kappa shape index (κ3) is 3.62. The van der Waals surface area contributed by atoms with Crippen LogP contribution in [-0.2, 0) is 9.47 Å². The van der Waals surface area contributed by atoms with Crippen LogP contribution >= 0.6 is 11.6 Å². The molecule has 1 heterocycles. The number of amides is 1. The molecule has 1 aliphatic rings. The first-order chi connectivity index (χ1) is 9.61. The van der Waals surface area contributed by atoms with Gasteiger partial charge in [0, 0.05) is 18.2 Å². The van der Waals surface area contributed by atoms with Gasteiger partial charge in [-0.15, -0.1) is 0 Å². The number of nitrogens with one attached hydrogen (secondary N) is 1. The predicted octanol–water partition coefficient (Wildman–Crippen LogP) is 1.97. The fourth-order valence-corrected chi connectivity index (χ4v) is 2.36. The van der Waals surface area contributed by atoms with Crippen molar-refractivity contribution in [2.45, 2.75) is 25.5 Å². The maximum Gasteiger partial charge on any atom is 0.255 e. The second kappa shape index (κ2) is 6.92. The summed E-state index contributed by atoms with van der Waals surface area (Å²) >= 11 is 5.85. The Hall–Kier alpha value is -1.30. The lowest BCUT2D eigenvalue weighted by atomic mass is 10.0. The van der Waals surface area contributed by atoms with Gasteiger partial charge in [0.1, 0.15) is 11.9 Å². The molecule has 0 aliphatic carbocycles. The largest absolute Gasteiger partial charge is 0.507 e. The molecule has 20 heavy (non-hydrogen) atoms. The summed E-state index contributed by atoms with van der Waals surface area (Å²) in [5, 5.41) is 13.0. The number of ether oxygens (including phenoxy) is 2. The van der Waals surface area contributed by atoms with Crippen molar-refractivity contribution in [1.29, 1.82) is 0 Å². The molecule has 0 bridgehead atoms. The van der Waals surface area contributed by atoms with E-state index in [-0.39, 0.29) is 29.4 Å². The van der Waals surface area contributed by atoms with Gasteiger partial charge in [-0.05, 0) is 31.5 Å². The van der Waals surface area contributed by atoms with Crippen LogP contribution in [0.1, 0.15) is 23.7 Å². The van der Waals surface area contributed by atoms with E-state index in [1.165, 1.54) is 18.2 Å². The topological polar surface area (TPSA) is 67.8 Å². The molecule has 6 heteroatoms. The number of phenolic OH excluding ortho intramolecular Hbond substituents is 1. The van der Waals surface area contributed by atoms with Crippen LogP contribution in [0.4, 0.5) is 0 Å². The van der Waals surface area contributed by atoms with Crippen molar-refractivity contribution >= 4 is 17.5 Å². The lowest BCUT2D eigenvalue weighted by Gasteiger charge is -2.31. The van der Waals surface area contributed by atoms with Gasteiger partial charge in [0.05, 0.1) is 18.2 Å². The van der Waals surface area contributed by atoms with Gasteiger partial charge in [0.15, 0.2) is 0 Å². The molecule has 0 saturated carbocycles. The average Bonchev–Trinajstić information content (AvgIpc) is 2.44. The lowest BCUT2D eigenvalue weighted by molar-refractivity contribution is -0.0632. The molecule has 2 atom stereocenters. The maximum atomic E-state index is 12.2. The quantitative estimate of drug-likeness (QED) is 0.892. The monoisotopic (exact) mass is 299 g/mol. The Balaban J connectivity index is 2.07. The first-order valence-corrected chi connectivity index (χ1v) is 6.98. The van der Waals surface area contributed by atoms with E-state index >= 15 is 0 Å². The van der Waals surface area contributed by atoms with E-state index < -0.39 is 0 Å². The maximum absolute atomic E-state index is 12.2. The standard InChI is InChI=1S/C14H18ClNO4/c1-2-20-13-8-19-6-5-11(13)16-14(18)10-7-9(15)3-4-12(10)17/h3-4,7,11,13,17H,2,5-6,8H2,1H3,(H,16,18)/t11-,13-/m1/s1. The van der Waals surface area contributed by atoms with Crippen LogP contribution in [0.2, 0.25) is 5.02 Å². The van der Waals surface area contributed by atoms with Crippen molar-refractivity contribution < 1.29 is 19.4 Å². The zero-order valence-corrected chi connectivity index (χ0v) is 12.0. The minimum Gasteiger partial charge on any atom is -0.507 e. The number of halogens is 1. The van der Waals surface area contributed by atoms with Crippen molar-refractivity contribution in [2.75, 3.05) is 19.8 Å². The summed E-state index contributed by atoms with van der Waals surface area (Å²) < 4.78 is 10.9. The van der Waals surface area contributed by atoms with Crippen LogP contribution in [0, 0.1) is 0 Å². The molecule has 1 fully saturated rings. The third-order valence-corrected chi connectivity index (χ3v) is 3.44. The highest BCUT2D eigenvalue weighted by Gasteiger charge is 2.28. The third-order valence-electron chi connectivity index (χ3n) is 3.20. The van der Waals surface area contributed by atoms with Crippen molar-refractivity contribution in [3.05, 3.63) is 28.8 Å². The van der Waals surface area contributed by atoms with Gasteiger partial charge >= 0.3 is 0 Å². The summed E-state index contributed by atoms with van der Waals surface area (Å²) in [5.74, 6) is -0.450. The minimum atomic E-state index is -0.360. The first kappa shape index (κ1) is 15.1. The molecular weight excluding hydrogens is 282 g/mol. The zero-order chi connectivity index (χ0) is 14.5. The second-order valence-electron chi connectivity index (χ2n) is 4.60. The summed E-state index contributed by atoms with van der Waals surface area (Å²) in [6.07, 6.45) is 0.511. The molecule has 1 aromatic rings. The summed E-state index contributed by atoms with van der Waals surface area (Å²) in [6.45, 7) is 3.50. The molecule has 0 spiro atoms. The van der Waals surface area contributed by atoms with E-state index in [1.54, 1.807) is 0 Å². The molecule has 1 saturated heterocycles. The molecular formula is C14H18ClNO4. The molecule has 1 aliphatic heterocycles. The van der Waals surface area contributed by atoms with Gasteiger partial charge in [0.2, 0.25) is 0 Å². The van der Waals surface area contributed by atoms with Crippen molar-refractivity contribution in [3.8, 4) is 5.75 Å². The first-order valence-electron chi connectivity index (χ1n) is 6.60. The Bertz CT molecular complexity index is 478. The fourth-order valence-electron chi connectivity index (χ4n) is 2.19. The number of aromatic hydroxyl groups is 1. The SMILES string of the molecule is CCO[C@@H]1COCC[C@H]1NC(=O)c1cc(Cl)ccc1O. The molecule has 110 valence electrons. The van der Waals surface area contributed by atoms with Crippen LogP contribution in [0.15, 0.2) is 18.2 Å². The normalized spacial score (nSPS) is 22.5. The van der Waals surface area contributed by atoms with E-state index in [4.69, 9.17) is 21.1 Å². The Labute approximate surface area is 122 Å². The van der Waals surface area contributed by atoms with E-state index in [0.717, 1.165) is 0 Å². The van der Waals surface area contributed by atoms with Crippen LogP contribution in [-0.4, -0.2) is 43.0 Å². The van der Waals surface area contributed by atoms with Gasteiger partial charge < -0.3 is 19.9 Å². The molecule has 1 amide bonds. The predicted molar refractivity (Wildman–Crippen MR) is 75.2 cm³/mol. The second-order valence-corrected chi connectivity index (χ2v) is 5.04. The van der Waals surface area contributed by atoms with Gasteiger partial charge in [-0.2, -0.15) is 0 Å². The highest BCUT2D eigenvalue weighted by Crippen LogP contribution is 2.22. The number of carbonyl (C=O) groups excluding carboxylic acids is 1. The lowest BCUT2D eigenvalue weighted by Crippen LogP contribution is -2.50. The summed E-state index contributed by atoms with van der Waals surface area (Å²) in [6, 6.07) is 4.25. The van der Waals surface area contributed by atoms with E-state index in [0.29, 0.717) is 31.3 Å². The molecule has 2 N–H and O–H groups in total. The van der Waals surface area contributed by atoms with Crippen LogP contribution in [0.3, 0.4) is 0 Å². The highest BCUT2D eigenvalue weighted by atomic mass is 35.5. The summed E-state index contributed by atoms with van der Waals surface area (Å²) in [7, 11) is 0. The Kier molecular flexibility index (Phi) is 5.23. The van der Waals surface area contributed by atoms with Gasteiger partial charge in [-0.1, -0.05) is 11.6 Å². The molecule has 1 aromatic carbocycles. The number of benzene rings is 1. The van der Waals surface area contributed by atoms with Crippen LogP contribution < -0.4 is 5.32 Å². The summed E-state index contributed by atoms with van der Waals surface area (Å²) in [5.41, 5.74) is 0.166. The zero-order valence-electron chi connectivity index (χ0n) is 11.3. The van der Waals surface area contributed by atoms with Gasteiger partial charge in [0.25, 0.3) is 5.91 Å². The molecule has 0 radical (unpaired) electrons. The Morgan fingerprint density at radius 2 is 2.40 bits per heavy atom. The van der Waals surface area contributed by atoms with Crippen LogP contribution in [0.5, 0.6) is 5.75 Å². The number of phenols is 1. The van der Waals surface area contributed by atoms with Crippen molar-refractivity contribution in [1.82, 2.24) is 5.32 Å². The highest BCUT2D eigenvalue weighted by molar-refractivity contribution is 6.31. The molecule has 5 nitrogen and oxygen atoms in total. The fraction of sp³-hybridized carbons (Fsp3) is 0.500. The van der Waals surface area contributed by atoms with Crippen molar-refractivity contribution in [2.24, 2.45) is 0 Å². The number of rotatable bonds is 4. The minimum absolute atomic E-state index is 0.0908. The number of carbonyl (C=O) groups is 1. The van der Waals surface area contributed by atoms with E-state index in [9.17, 15) is 9.90 Å². The smallest absolute Gasteiger partial charge is 0.255 e. The Morgan fingerprint density at radius 1 is 1.60 bits per heavy atom. The van der Waals surface area contributed by atoms with Crippen molar-refractivity contribution in [3.63, 3.8) is 0 Å². The van der Waals surface area contributed by atoms with Gasteiger partial charge in [-0.25, -0.2) is 0 Å². The Morgan fingerprint density at radius 3 is 3.15 bits per heavy atom. The van der Waals surface area contributed by atoms with E-state index in [2.05, 4.69) is 5.32 Å². The molecule has 0 unspecified atom stereocenters. The molecule has 2 rings (SSSR count). The van der Waals surface area contributed by atoms with E-state index in [1.807, 2.05) is 6.92 Å². The molecule has 0 aromatic heterocycles. The average molecular weight is 300 g/mol. The number of hydrogen-bond donors (Lipinski definition) is 2.